The molecular weight excluding hydrogens is 168 g/mol. The molecule has 0 aliphatic carbocycles. The van der Waals surface area contributed by atoms with Gasteiger partial charge in [-0.3, -0.25) is 4.79 Å². The molecule has 0 saturated carbocycles. The first-order chi connectivity index (χ1) is 6.07. The number of likely N-dealkylation sites (N-methyl/N-ethyl adjacent to an activating group) is 2. The SMILES string of the molecule is CNCCN(C)C(=O)CCC(C)O. The summed E-state index contributed by atoms with van der Waals surface area (Å²) in [4.78, 5) is 13.0. The largest absolute Gasteiger partial charge is 0.393 e. The third-order valence-electron chi connectivity index (χ3n) is 1.90. The van der Waals surface area contributed by atoms with E-state index in [-0.39, 0.29) is 12.0 Å². The maximum Gasteiger partial charge on any atom is 0.222 e. The van der Waals surface area contributed by atoms with Gasteiger partial charge in [-0.2, -0.15) is 0 Å². The molecular formula is C9H20N2O2. The topological polar surface area (TPSA) is 52.6 Å². The standard InChI is InChI=1S/C9H20N2O2/c1-8(12)4-5-9(13)11(3)7-6-10-2/h8,10,12H,4-7H2,1-3H3. The summed E-state index contributed by atoms with van der Waals surface area (Å²) < 4.78 is 0. The van der Waals surface area contributed by atoms with Crippen LogP contribution in [0.3, 0.4) is 0 Å². The van der Waals surface area contributed by atoms with Crippen LogP contribution in [0.5, 0.6) is 0 Å². The van der Waals surface area contributed by atoms with Crippen LogP contribution in [0.4, 0.5) is 0 Å². The number of nitrogens with one attached hydrogen (secondary N) is 1. The number of rotatable bonds is 6. The molecule has 4 nitrogen and oxygen atoms in total. The van der Waals surface area contributed by atoms with Gasteiger partial charge in [0.2, 0.25) is 5.91 Å². The van der Waals surface area contributed by atoms with Crippen molar-refractivity contribution in [1.82, 2.24) is 10.2 Å². The summed E-state index contributed by atoms with van der Waals surface area (Å²) in [5.41, 5.74) is 0. The summed E-state index contributed by atoms with van der Waals surface area (Å²) in [6.45, 7) is 3.22. The number of aliphatic hydroxyl groups excluding tert-OH is 1. The van der Waals surface area contributed by atoms with E-state index in [0.29, 0.717) is 12.8 Å². The Bertz CT molecular complexity index is 149. The molecule has 1 amide bonds. The second-order valence-corrected chi connectivity index (χ2v) is 3.31. The van der Waals surface area contributed by atoms with E-state index in [4.69, 9.17) is 5.11 Å². The van der Waals surface area contributed by atoms with Gasteiger partial charge in [0, 0.05) is 26.6 Å². The maximum atomic E-state index is 11.3. The van der Waals surface area contributed by atoms with Crippen LogP contribution in [0.2, 0.25) is 0 Å². The van der Waals surface area contributed by atoms with Crippen LogP contribution in [0, 0.1) is 0 Å². The molecule has 0 aliphatic rings. The lowest BCUT2D eigenvalue weighted by molar-refractivity contribution is -0.130. The summed E-state index contributed by atoms with van der Waals surface area (Å²) >= 11 is 0. The molecule has 1 unspecified atom stereocenters. The van der Waals surface area contributed by atoms with Crippen molar-refractivity contribution in [3.63, 3.8) is 0 Å². The molecule has 4 heteroatoms. The number of aliphatic hydroxyl groups is 1. The maximum absolute atomic E-state index is 11.3. The van der Waals surface area contributed by atoms with Gasteiger partial charge >= 0.3 is 0 Å². The van der Waals surface area contributed by atoms with Gasteiger partial charge in [0.25, 0.3) is 0 Å². The van der Waals surface area contributed by atoms with E-state index in [2.05, 4.69) is 5.32 Å². The van der Waals surface area contributed by atoms with Gasteiger partial charge in [-0.15, -0.1) is 0 Å². The normalized spacial score (nSPS) is 12.6. The highest BCUT2D eigenvalue weighted by Crippen LogP contribution is 1.98. The highest BCUT2D eigenvalue weighted by Gasteiger charge is 2.08. The van der Waals surface area contributed by atoms with E-state index in [1.165, 1.54) is 0 Å². The molecule has 0 rings (SSSR count). The second kappa shape index (κ2) is 6.86. The van der Waals surface area contributed by atoms with Crippen LogP contribution in [0.1, 0.15) is 19.8 Å². The Morgan fingerprint density at radius 1 is 1.62 bits per heavy atom. The van der Waals surface area contributed by atoms with Crippen molar-refractivity contribution in [2.24, 2.45) is 0 Å². The Morgan fingerprint density at radius 2 is 2.23 bits per heavy atom. The summed E-state index contributed by atoms with van der Waals surface area (Å²) in [6.07, 6.45) is 0.585. The van der Waals surface area contributed by atoms with Crippen molar-refractivity contribution in [2.45, 2.75) is 25.9 Å². The zero-order valence-corrected chi connectivity index (χ0v) is 8.71. The highest BCUT2D eigenvalue weighted by molar-refractivity contribution is 5.75. The van der Waals surface area contributed by atoms with E-state index in [1.807, 2.05) is 7.05 Å². The first kappa shape index (κ1) is 12.4. The van der Waals surface area contributed by atoms with Crippen molar-refractivity contribution in [3.8, 4) is 0 Å². The minimum Gasteiger partial charge on any atom is -0.393 e. The molecule has 1 atom stereocenters. The Morgan fingerprint density at radius 3 is 2.69 bits per heavy atom. The van der Waals surface area contributed by atoms with Gasteiger partial charge in [-0.05, 0) is 20.4 Å². The van der Waals surface area contributed by atoms with E-state index in [1.54, 1.807) is 18.9 Å². The van der Waals surface area contributed by atoms with E-state index in [0.717, 1.165) is 13.1 Å². The fourth-order valence-electron chi connectivity index (χ4n) is 0.927. The minimum absolute atomic E-state index is 0.0937. The van der Waals surface area contributed by atoms with Crippen LogP contribution in [-0.2, 0) is 4.79 Å². The zero-order valence-electron chi connectivity index (χ0n) is 8.71. The monoisotopic (exact) mass is 188 g/mol. The van der Waals surface area contributed by atoms with Crippen LogP contribution in [0.25, 0.3) is 0 Å². The summed E-state index contributed by atoms with van der Waals surface area (Å²) in [7, 11) is 3.63. The van der Waals surface area contributed by atoms with Crippen molar-refractivity contribution in [1.29, 1.82) is 0 Å². The number of amides is 1. The first-order valence-electron chi connectivity index (χ1n) is 4.64. The number of carbonyl (C=O) groups is 1. The van der Waals surface area contributed by atoms with Crippen molar-refractivity contribution >= 4 is 5.91 Å². The van der Waals surface area contributed by atoms with Gasteiger partial charge in [0.1, 0.15) is 0 Å². The van der Waals surface area contributed by atoms with Gasteiger partial charge in [-0.25, -0.2) is 0 Å². The molecule has 0 bridgehead atoms. The average molecular weight is 188 g/mol. The number of nitrogens with zero attached hydrogens (tertiary/aromatic N) is 1. The lowest BCUT2D eigenvalue weighted by atomic mass is 10.2. The average Bonchev–Trinajstić information content (AvgIpc) is 2.10. The van der Waals surface area contributed by atoms with Gasteiger partial charge in [-0.1, -0.05) is 0 Å². The molecule has 0 heterocycles. The smallest absolute Gasteiger partial charge is 0.222 e. The molecule has 0 aromatic heterocycles. The number of hydrogen-bond donors (Lipinski definition) is 2. The number of hydrogen-bond acceptors (Lipinski definition) is 3. The third kappa shape index (κ3) is 6.54. The molecule has 0 spiro atoms. The third-order valence-corrected chi connectivity index (χ3v) is 1.90. The second-order valence-electron chi connectivity index (χ2n) is 3.31. The minimum atomic E-state index is -0.387. The van der Waals surface area contributed by atoms with E-state index < -0.39 is 0 Å². The molecule has 0 radical (unpaired) electrons. The molecule has 0 aromatic rings. The van der Waals surface area contributed by atoms with Gasteiger partial charge in [0.15, 0.2) is 0 Å². The molecule has 0 aromatic carbocycles. The summed E-state index contributed by atoms with van der Waals surface area (Å²) in [6, 6.07) is 0. The van der Waals surface area contributed by atoms with Crippen molar-refractivity contribution < 1.29 is 9.90 Å². The molecule has 0 aliphatic heterocycles. The molecule has 13 heavy (non-hydrogen) atoms. The first-order valence-corrected chi connectivity index (χ1v) is 4.64. The Kier molecular flexibility index (Phi) is 6.54. The van der Waals surface area contributed by atoms with E-state index in [9.17, 15) is 4.79 Å². The van der Waals surface area contributed by atoms with Crippen LogP contribution in [-0.4, -0.2) is 49.2 Å². The molecule has 78 valence electrons. The van der Waals surface area contributed by atoms with Crippen LogP contribution >= 0.6 is 0 Å². The quantitative estimate of drug-likeness (QED) is 0.608. The van der Waals surface area contributed by atoms with Gasteiger partial charge < -0.3 is 15.3 Å². The van der Waals surface area contributed by atoms with Crippen molar-refractivity contribution in [2.75, 3.05) is 27.2 Å². The molecule has 0 saturated heterocycles. The van der Waals surface area contributed by atoms with Crippen LogP contribution < -0.4 is 5.32 Å². The number of carbonyl (C=O) groups excluding carboxylic acids is 1. The Balaban J connectivity index is 3.57. The Hall–Kier alpha value is -0.610. The Labute approximate surface area is 79.9 Å². The molecule has 0 fully saturated rings. The summed E-state index contributed by atoms with van der Waals surface area (Å²) in [5, 5.41) is 12.0. The zero-order chi connectivity index (χ0) is 10.3. The highest BCUT2D eigenvalue weighted by atomic mass is 16.3. The fraction of sp³-hybridized carbons (Fsp3) is 0.889. The predicted molar refractivity (Wildman–Crippen MR) is 52.5 cm³/mol. The van der Waals surface area contributed by atoms with E-state index >= 15 is 0 Å². The lowest BCUT2D eigenvalue weighted by Gasteiger charge is -2.17. The van der Waals surface area contributed by atoms with Crippen LogP contribution in [0.15, 0.2) is 0 Å². The van der Waals surface area contributed by atoms with Gasteiger partial charge in [0.05, 0.1) is 6.10 Å². The summed E-state index contributed by atoms with van der Waals surface area (Å²) in [5.74, 6) is 0.0937. The lowest BCUT2D eigenvalue weighted by Crippen LogP contribution is -2.33. The fourth-order valence-corrected chi connectivity index (χ4v) is 0.927. The predicted octanol–water partition coefficient (Wildman–Crippen LogP) is -0.175. The molecule has 2 N–H and O–H groups in total. The van der Waals surface area contributed by atoms with Crippen molar-refractivity contribution in [3.05, 3.63) is 0 Å².